The van der Waals surface area contributed by atoms with Crippen LogP contribution in [0.1, 0.15) is 0 Å². The number of rotatable bonds is 0. The summed E-state index contributed by atoms with van der Waals surface area (Å²) in [5.41, 5.74) is 1.24. The van der Waals surface area contributed by atoms with Crippen molar-refractivity contribution >= 4 is 21.8 Å². The molecule has 3 aromatic rings. The lowest BCUT2D eigenvalue weighted by Crippen LogP contribution is -2.08. The van der Waals surface area contributed by atoms with E-state index in [9.17, 15) is 15.0 Å². The molecular formula is C14H11NO3. The van der Waals surface area contributed by atoms with Gasteiger partial charge in [-0.3, -0.25) is 4.79 Å². The second kappa shape index (κ2) is 3.50. The van der Waals surface area contributed by atoms with Gasteiger partial charge in [-0.25, -0.2) is 0 Å². The maximum atomic E-state index is 12.3. The Kier molecular flexibility index (Phi) is 2.07. The van der Waals surface area contributed by atoms with Crippen LogP contribution < -0.4 is 5.43 Å². The first-order valence-electron chi connectivity index (χ1n) is 5.53. The minimum absolute atomic E-state index is 0.144. The van der Waals surface area contributed by atoms with Gasteiger partial charge in [-0.1, -0.05) is 12.1 Å². The van der Waals surface area contributed by atoms with E-state index in [1.807, 2.05) is 23.7 Å². The number of aromatic hydroxyl groups is 2. The van der Waals surface area contributed by atoms with Gasteiger partial charge in [0.15, 0.2) is 16.9 Å². The van der Waals surface area contributed by atoms with Crippen LogP contribution in [0, 0.1) is 0 Å². The number of nitrogens with zero attached hydrogens (tertiary/aromatic N) is 1. The van der Waals surface area contributed by atoms with Gasteiger partial charge < -0.3 is 14.8 Å². The van der Waals surface area contributed by atoms with Crippen LogP contribution in [0.2, 0.25) is 0 Å². The Morgan fingerprint density at radius 1 is 0.944 bits per heavy atom. The van der Waals surface area contributed by atoms with Gasteiger partial charge in [0.25, 0.3) is 0 Å². The molecule has 90 valence electrons. The zero-order valence-electron chi connectivity index (χ0n) is 9.71. The second-order valence-electron chi connectivity index (χ2n) is 4.26. The number of para-hydroxylation sites is 1. The second-order valence-corrected chi connectivity index (χ2v) is 4.26. The van der Waals surface area contributed by atoms with Crippen molar-refractivity contribution in [3.63, 3.8) is 0 Å². The van der Waals surface area contributed by atoms with Crippen molar-refractivity contribution in [1.82, 2.24) is 4.57 Å². The molecule has 0 aliphatic heterocycles. The first kappa shape index (κ1) is 10.7. The van der Waals surface area contributed by atoms with E-state index in [-0.39, 0.29) is 16.9 Å². The van der Waals surface area contributed by atoms with Gasteiger partial charge >= 0.3 is 0 Å². The van der Waals surface area contributed by atoms with Crippen LogP contribution in [-0.4, -0.2) is 14.8 Å². The van der Waals surface area contributed by atoms with Gasteiger partial charge in [-0.05, 0) is 18.2 Å². The smallest absolute Gasteiger partial charge is 0.197 e. The average Bonchev–Trinajstić information content (AvgIpc) is 2.38. The predicted octanol–water partition coefficient (Wildman–Crippen LogP) is 2.10. The molecule has 0 bridgehead atoms. The molecule has 0 unspecified atom stereocenters. The van der Waals surface area contributed by atoms with Gasteiger partial charge in [0.05, 0.1) is 16.4 Å². The van der Waals surface area contributed by atoms with E-state index in [0.717, 1.165) is 5.52 Å². The summed E-state index contributed by atoms with van der Waals surface area (Å²) in [5.74, 6) is -0.511. The first-order chi connectivity index (χ1) is 8.59. The highest BCUT2D eigenvalue weighted by Gasteiger charge is 2.11. The molecule has 1 heterocycles. The molecule has 0 radical (unpaired) electrons. The summed E-state index contributed by atoms with van der Waals surface area (Å²) in [6, 6.07) is 9.96. The van der Waals surface area contributed by atoms with Crippen LogP contribution in [0.25, 0.3) is 21.8 Å². The van der Waals surface area contributed by atoms with Crippen LogP contribution in [0.3, 0.4) is 0 Å². The Morgan fingerprint density at radius 3 is 2.39 bits per heavy atom. The summed E-state index contributed by atoms with van der Waals surface area (Å²) < 4.78 is 1.82. The molecule has 18 heavy (non-hydrogen) atoms. The maximum Gasteiger partial charge on any atom is 0.197 e. The van der Waals surface area contributed by atoms with Crippen molar-refractivity contribution in [3.8, 4) is 11.5 Å². The highest BCUT2D eigenvalue weighted by molar-refractivity contribution is 5.94. The third-order valence-corrected chi connectivity index (χ3v) is 3.21. The number of pyridine rings is 1. The lowest BCUT2D eigenvalue weighted by Gasteiger charge is -2.10. The van der Waals surface area contributed by atoms with E-state index < -0.39 is 0 Å². The molecule has 0 amide bonds. The number of fused-ring (bicyclic) bond motifs is 2. The number of hydrogen-bond acceptors (Lipinski definition) is 3. The number of phenols is 2. The van der Waals surface area contributed by atoms with Gasteiger partial charge in [-0.15, -0.1) is 0 Å². The van der Waals surface area contributed by atoms with E-state index in [4.69, 9.17) is 0 Å². The fraction of sp³-hybridized carbons (Fsp3) is 0.0714. The standard InChI is InChI=1S/C14H11NO3/c1-15-10-5-3-2-4-8(10)14(18)9-6-12(16)13(17)7-11(9)15/h2-7,16-17H,1H3. The minimum atomic E-state index is -0.283. The molecule has 3 rings (SSSR count). The number of aromatic nitrogens is 1. The lowest BCUT2D eigenvalue weighted by atomic mass is 10.1. The normalized spacial score (nSPS) is 11.2. The summed E-state index contributed by atoms with van der Waals surface area (Å²) in [5, 5.41) is 20.0. The van der Waals surface area contributed by atoms with Crippen molar-refractivity contribution in [3.05, 3.63) is 46.6 Å². The summed E-state index contributed by atoms with van der Waals surface area (Å²) in [6.07, 6.45) is 0. The van der Waals surface area contributed by atoms with Crippen molar-refractivity contribution in [2.45, 2.75) is 0 Å². The Balaban J connectivity index is 2.67. The molecule has 4 nitrogen and oxygen atoms in total. The monoisotopic (exact) mass is 241 g/mol. The Labute approximate surface area is 102 Å². The highest BCUT2D eigenvalue weighted by Crippen LogP contribution is 2.29. The third-order valence-electron chi connectivity index (χ3n) is 3.21. The highest BCUT2D eigenvalue weighted by atomic mass is 16.3. The molecule has 0 spiro atoms. The van der Waals surface area contributed by atoms with Gasteiger partial charge in [0.1, 0.15) is 0 Å². The van der Waals surface area contributed by atoms with Crippen LogP contribution in [0.15, 0.2) is 41.2 Å². The maximum absolute atomic E-state index is 12.3. The fourth-order valence-corrected chi connectivity index (χ4v) is 2.26. The van der Waals surface area contributed by atoms with E-state index in [1.54, 1.807) is 12.1 Å². The molecule has 0 aliphatic rings. The van der Waals surface area contributed by atoms with Gasteiger partial charge in [0.2, 0.25) is 0 Å². The third kappa shape index (κ3) is 1.29. The van der Waals surface area contributed by atoms with Crippen molar-refractivity contribution in [2.75, 3.05) is 0 Å². The van der Waals surface area contributed by atoms with Crippen LogP contribution in [0.4, 0.5) is 0 Å². The van der Waals surface area contributed by atoms with E-state index in [1.165, 1.54) is 12.1 Å². The molecule has 1 aromatic heterocycles. The molecule has 4 heteroatoms. The van der Waals surface area contributed by atoms with E-state index in [0.29, 0.717) is 16.3 Å². The van der Waals surface area contributed by atoms with Crippen LogP contribution >= 0.6 is 0 Å². The first-order valence-corrected chi connectivity index (χ1v) is 5.53. The Morgan fingerprint density at radius 2 is 1.61 bits per heavy atom. The van der Waals surface area contributed by atoms with E-state index in [2.05, 4.69) is 0 Å². The summed E-state index contributed by atoms with van der Waals surface area (Å²) in [4.78, 5) is 12.3. The topological polar surface area (TPSA) is 62.5 Å². The number of phenolic OH excluding ortho intramolecular Hbond substituents is 2. The minimum Gasteiger partial charge on any atom is -0.504 e. The van der Waals surface area contributed by atoms with E-state index >= 15 is 0 Å². The largest absolute Gasteiger partial charge is 0.504 e. The Bertz CT molecular complexity index is 834. The molecule has 0 aliphatic carbocycles. The molecule has 0 fully saturated rings. The lowest BCUT2D eigenvalue weighted by molar-refractivity contribution is 0.404. The molecule has 0 saturated carbocycles. The predicted molar refractivity (Wildman–Crippen MR) is 70.0 cm³/mol. The summed E-state index contributed by atoms with van der Waals surface area (Å²) >= 11 is 0. The van der Waals surface area contributed by atoms with Crippen molar-refractivity contribution < 1.29 is 10.2 Å². The number of benzene rings is 2. The molecule has 0 atom stereocenters. The molecule has 2 N–H and O–H groups in total. The van der Waals surface area contributed by atoms with Gasteiger partial charge in [-0.2, -0.15) is 0 Å². The summed E-state index contributed by atoms with van der Waals surface area (Å²) in [6.45, 7) is 0. The zero-order valence-corrected chi connectivity index (χ0v) is 9.71. The van der Waals surface area contributed by atoms with Crippen LogP contribution in [-0.2, 0) is 7.05 Å². The van der Waals surface area contributed by atoms with Gasteiger partial charge in [0, 0.05) is 18.5 Å². The Hall–Kier alpha value is -2.49. The molecule has 0 saturated heterocycles. The van der Waals surface area contributed by atoms with Crippen molar-refractivity contribution in [2.24, 2.45) is 7.05 Å². The quantitative estimate of drug-likeness (QED) is 0.468. The zero-order chi connectivity index (χ0) is 12.9. The number of aryl methyl sites for hydroxylation is 1. The summed E-state index contributed by atoms with van der Waals surface area (Å²) in [7, 11) is 1.82. The number of hydrogen-bond donors (Lipinski definition) is 2. The van der Waals surface area contributed by atoms with Crippen LogP contribution in [0.5, 0.6) is 11.5 Å². The van der Waals surface area contributed by atoms with Crippen molar-refractivity contribution in [1.29, 1.82) is 0 Å². The SMILES string of the molecule is Cn1c2ccccc2c(=O)c2cc(O)c(O)cc21. The molecule has 2 aromatic carbocycles. The molecular weight excluding hydrogens is 230 g/mol. The fourth-order valence-electron chi connectivity index (χ4n) is 2.26. The average molecular weight is 241 g/mol.